The zero-order chi connectivity index (χ0) is 22.7. The van der Waals surface area contributed by atoms with E-state index in [1.54, 1.807) is 0 Å². The number of nitrogens with one attached hydrogen (secondary N) is 1. The summed E-state index contributed by atoms with van der Waals surface area (Å²) in [7, 11) is 0. The summed E-state index contributed by atoms with van der Waals surface area (Å²) in [6.07, 6.45) is 0.273. The standard InChI is InChI=1S/C20H32BrN5O4/c1-8-28-17(29-9-2)14-13(21)12-15(22)24-11-25-16(12)26(14)20(6,7)10-23-18(27)30-19(3,4)5/h11,17H,8-10H2,1-7H3,(H,23,27)(H2,22,24,25). The molecule has 0 aliphatic rings. The first-order chi connectivity index (χ1) is 13.9. The fraction of sp³-hybridized carbons (Fsp3) is 0.650. The molecule has 0 aromatic carbocycles. The number of rotatable bonds is 8. The van der Waals surface area contributed by atoms with Crippen molar-refractivity contribution in [1.29, 1.82) is 0 Å². The van der Waals surface area contributed by atoms with Crippen molar-refractivity contribution < 1.29 is 19.0 Å². The molecule has 0 atom stereocenters. The van der Waals surface area contributed by atoms with Crippen molar-refractivity contribution in [2.24, 2.45) is 0 Å². The molecule has 0 saturated heterocycles. The van der Waals surface area contributed by atoms with Gasteiger partial charge in [-0.05, 0) is 64.4 Å². The van der Waals surface area contributed by atoms with Crippen LogP contribution in [0, 0.1) is 0 Å². The number of ether oxygens (including phenoxy) is 3. The van der Waals surface area contributed by atoms with E-state index in [4.69, 9.17) is 19.9 Å². The van der Waals surface area contributed by atoms with E-state index in [9.17, 15) is 4.79 Å². The summed E-state index contributed by atoms with van der Waals surface area (Å²) < 4.78 is 19.8. The first-order valence-electron chi connectivity index (χ1n) is 9.93. The summed E-state index contributed by atoms with van der Waals surface area (Å²) in [5, 5.41) is 3.51. The second-order valence-electron chi connectivity index (χ2n) is 8.40. The van der Waals surface area contributed by atoms with Gasteiger partial charge in [0.2, 0.25) is 0 Å². The molecule has 0 fully saturated rings. The average molecular weight is 486 g/mol. The van der Waals surface area contributed by atoms with Crippen LogP contribution in [-0.4, -0.2) is 46.0 Å². The van der Waals surface area contributed by atoms with Gasteiger partial charge >= 0.3 is 6.09 Å². The number of hydrogen-bond donors (Lipinski definition) is 2. The normalized spacial score (nSPS) is 12.6. The highest BCUT2D eigenvalue weighted by Crippen LogP contribution is 2.41. The number of carbonyl (C=O) groups is 1. The first kappa shape index (κ1) is 24.4. The Morgan fingerprint density at radius 3 is 2.33 bits per heavy atom. The van der Waals surface area contributed by atoms with Crippen molar-refractivity contribution >= 4 is 38.9 Å². The number of amides is 1. The van der Waals surface area contributed by atoms with Gasteiger partial charge in [0.25, 0.3) is 0 Å². The van der Waals surface area contributed by atoms with Gasteiger partial charge in [-0.3, -0.25) is 0 Å². The molecule has 0 unspecified atom stereocenters. The molecule has 168 valence electrons. The Balaban J connectivity index is 2.56. The number of nitrogens with zero attached hydrogens (tertiary/aromatic N) is 3. The molecule has 0 radical (unpaired) electrons. The highest BCUT2D eigenvalue weighted by Gasteiger charge is 2.34. The van der Waals surface area contributed by atoms with Gasteiger partial charge in [-0.25, -0.2) is 14.8 Å². The first-order valence-corrected chi connectivity index (χ1v) is 10.7. The molecule has 2 heterocycles. The lowest BCUT2D eigenvalue weighted by Crippen LogP contribution is -2.43. The van der Waals surface area contributed by atoms with E-state index in [2.05, 4.69) is 31.2 Å². The number of alkyl carbamates (subject to hydrolysis) is 1. The van der Waals surface area contributed by atoms with Crippen LogP contribution in [0.1, 0.15) is 60.5 Å². The SMILES string of the molecule is CCOC(OCC)c1c(Br)c2c(N)ncnc2n1C(C)(C)CNC(=O)OC(C)(C)C. The number of anilines is 1. The maximum Gasteiger partial charge on any atom is 0.407 e. The lowest BCUT2D eigenvalue weighted by atomic mass is 10.0. The predicted molar refractivity (Wildman–Crippen MR) is 119 cm³/mol. The van der Waals surface area contributed by atoms with Crippen LogP contribution >= 0.6 is 15.9 Å². The number of nitrogen functional groups attached to an aromatic ring is 1. The second kappa shape index (κ2) is 9.49. The smallest absolute Gasteiger partial charge is 0.407 e. The van der Waals surface area contributed by atoms with E-state index in [1.165, 1.54) is 6.33 Å². The van der Waals surface area contributed by atoms with Crippen molar-refractivity contribution in [1.82, 2.24) is 19.9 Å². The molecule has 2 rings (SSSR count). The van der Waals surface area contributed by atoms with Gasteiger partial charge in [0.1, 0.15) is 23.4 Å². The van der Waals surface area contributed by atoms with Crippen molar-refractivity contribution in [3.8, 4) is 0 Å². The Morgan fingerprint density at radius 1 is 1.20 bits per heavy atom. The summed E-state index contributed by atoms with van der Waals surface area (Å²) >= 11 is 3.65. The summed E-state index contributed by atoms with van der Waals surface area (Å²) in [5.74, 6) is 0.342. The molecule has 1 amide bonds. The average Bonchev–Trinajstić information content (AvgIpc) is 2.93. The third-order valence-corrected chi connectivity index (χ3v) is 5.09. The van der Waals surface area contributed by atoms with Crippen LogP contribution in [0.5, 0.6) is 0 Å². The minimum atomic E-state index is -0.649. The number of nitrogens with two attached hydrogens (primary N) is 1. The van der Waals surface area contributed by atoms with Gasteiger partial charge in [0, 0.05) is 19.8 Å². The van der Waals surface area contributed by atoms with Crippen LogP contribution in [0.15, 0.2) is 10.8 Å². The Hall–Kier alpha value is -1.91. The summed E-state index contributed by atoms with van der Waals surface area (Å²) in [4.78, 5) is 20.8. The van der Waals surface area contributed by atoms with Crippen molar-refractivity contribution in [3.05, 3.63) is 16.5 Å². The van der Waals surface area contributed by atoms with E-state index in [-0.39, 0.29) is 6.54 Å². The number of hydrogen-bond acceptors (Lipinski definition) is 7. The van der Waals surface area contributed by atoms with E-state index < -0.39 is 23.5 Å². The lowest BCUT2D eigenvalue weighted by Gasteiger charge is -2.32. The van der Waals surface area contributed by atoms with Crippen molar-refractivity contribution in [2.75, 3.05) is 25.5 Å². The molecule has 2 aromatic heterocycles. The third-order valence-electron chi connectivity index (χ3n) is 4.28. The van der Waals surface area contributed by atoms with Crippen molar-refractivity contribution in [2.45, 2.75) is 65.9 Å². The molecule has 3 N–H and O–H groups in total. The molecule has 0 spiro atoms. The van der Waals surface area contributed by atoms with Crippen LogP contribution in [0.2, 0.25) is 0 Å². The van der Waals surface area contributed by atoms with Gasteiger partial charge in [-0.15, -0.1) is 0 Å². The monoisotopic (exact) mass is 485 g/mol. The lowest BCUT2D eigenvalue weighted by molar-refractivity contribution is -0.145. The molecule has 30 heavy (non-hydrogen) atoms. The zero-order valence-corrected chi connectivity index (χ0v) is 20.3. The Labute approximate surface area is 185 Å². The molecule has 0 saturated carbocycles. The zero-order valence-electron chi connectivity index (χ0n) is 18.7. The van der Waals surface area contributed by atoms with Crippen LogP contribution in [-0.2, 0) is 19.7 Å². The van der Waals surface area contributed by atoms with Crippen LogP contribution in [0.25, 0.3) is 11.0 Å². The topological polar surface area (TPSA) is 114 Å². The second-order valence-corrected chi connectivity index (χ2v) is 9.20. The Kier molecular flexibility index (Phi) is 7.70. The number of carbonyl (C=O) groups excluding carboxylic acids is 1. The van der Waals surface area contributed by atoms with Crippen LogP contribution in [0.3, 0.4) is 0 Å². The van der Waals surface area contributed by atoms with Gasteiger partial charge in [0.15, 0.2) is 6.29 Å². The molecular formula is C20H32BrN5O4. The van der Waals surface area contributed by atoms with Gasteiger partial charge < -0.3 is 29.8 Å². The maximum absolute atomic E-state index is 12.2. The molecule has 2 aromatic rings. The minimum Gasteiger partial charge on any atom is -0.444 e. The molecule has 0 aliphatic carbocycles. The highest BCUT2D eigenvalue weighted by atomic mass is 79.9. The van der Waals surface area contributed by atoms with E-state index >= 15 is 0 Å². The number of halogens is 1. The fourth-order valence-corrected chi connectivity index (χ4v) is 3.87. The molecule has 0 aliphatic heterocycles. The third kappa shape index (κ3) is 5.41. The molecule has 0 bridgehead atoms. The van der Waals surface area contributed by atoms with Gasteiger partial charge in [-0.1, -0.05) is 0 Å². The summed E-state index contributed by atoms with van der Waals surface area (Å²) in [5.41, 5.74) is 6.29. The maximum atomic E-state index is 12.2. The van der Waals surface area contributed by atoms with E-state index in [0.29, 0.717) is 34.5 Å². The highest BCUT2D eigenvalue weighted by molar-refractivity contribution is 9.10. The summed E-state index contributed by atoms with van der Waals surface area (Å²) in [6.45, 7) is 14.4. The van der Waals surface area contributed by atoms with E-state index in [1.807, 2.05) is 53.0 Å². The van der Waals surface area contributed by atoms with Gasteiger partial charge in [-0.2, -0.15) is 0 Å². The largest absolute Gasteiger partial charge is 0.444 e. The van der Waals surface area contributed by atoms with Crippen molar-refractivity contribution in [3.63, 3.8) is 0 Å². The van der Waals surface area contributed by atoms with Crippen LogP contribution in [0.4, 0.5) is 10.6 Å². The Morgan fingerprint density at radius 2 is 1.80 bits per heavy atom. The molecule has 10 heteroatoms. The quantitative estimate of drug-likeness (QED) is 0.540. The predicted octanol–water partition coefficient (Wildman–Crippen LogP) is 4.11. The van der Waals surface area contributed by atoms with Crippen LogP contribution < -0.4 is 11.1 Å². The minimum absolute atomic E-state index is 0.278. The number of fused-ring (bicyclic) bond motifs is 1. The molecular weight excluding hydrogens is 454 g/mol. The fourth-order valence-electron chi connectivity index (χ4n) is 3.12. The summed E-state index contributed by atoms with van der Waals surface area (Å²) in [6, 6.07) is 0. The van der Waals surface area contributed by atoms with Gasteiger partial charge in [0.05, 0.1) is 21.1 Å². The Bertz CT molecular complexity index is 885. The van der Waals surface area contributed by atoms with E-state index in [0.717, 1.165) is 5.69 Å². The number of aromatic nitrogens is 3. The molecule has 9 nitrogen and oxygen atoms in total.